The van der Waals surface area contributed by atoms with E-state index in [1.165, 1.54) is 12.8 Å². The van der Waals surface area contributed by atoms with Gasteiger partial charge in [0.2, 0.25) is 0 Å². The van der Waals surface area contributed by atoms with Gasteiger partial charge in [-0.3, -0.25) is 4.79 Å². The van der Waals surface area contributed by atoms with Crippen molar-refractivity contribution in [3.63, 3.8) is 0 Å². The molecule has 0 atom stereocenters. The quantitative estimate of drug-likeness (QED) is 0.433. The van der Waals surface area contributed by atoms with E-state index in [4.69, 9.17) is 10.8 Å². The number of hydrogen-bond donors (Lipinski definition) is 3. The average Bonchev–Trinajstić information content (AvgIpc) is 2.50. The van der Waals surface area contributed by atoms with Gasteiger partial charge in [-0.05, 0) is 18.4 Å². The van der Waals surface area contributed by atoms with Crippen LogP contribution in [0.1, 0.15) is 44.1 Å². The third-order valence-corrected chi connectivity index (χ3v) is 3.33. The predicted octanol–water partition coefficient (Wildman–Crippen LogP) is 2.44. The zero-order valence-corrected chi connectivity index (χ0v) is 12.6. The predicted molar refractivity (Wildman–Crippen MR) is 86.4 cm³/mol. The summed E-state index contributed by atoms with van der Waals surface area (Å²) in [5.74, 6) is -0.419. The Bertz CT molecular complexity index is 430. The van der Waals surface area contributed by atoms with Crippen molar-refractivity contribution in [2.45, 2.75) is 38.5 Å². The number of rotatable bonds is 11. The van der Waals surface area contributed by atoms with E-state index in [0.29, 0.717) is 12.2 Å². The van der Waals surface area contributed by atoms with Gasteiger partial charge >= 0.3 is 0 Å². The maximum Gasteiger partial charge on any atom is 0.250 e. The van der Waals surface area contributed by atoms with E-state index >= 15 is 0 Å². The van der Waals surface area contributed by atoms with Gasteiger partial charge in [0.05, 0.1) is 5.57 Å². The Kier molecular flexibility index (Phi) is 8.96. The van der Waals surface area contributed by atoms with Crippen LogP contribution in [0.5, 0.6) is 0 Å². The first-order valence-corrected chi connectivity index (χ1v) is 7.65. The van der Waals surface area contributed by atoms with Gasteiger partial charge in [0, 0.05) is 19.4 Å². The summed E-state index contributed by atoms with van der Waals surface area (Å²) in [4.78, 5) is 11.5. The summed E-state index contributed by atoms with van der Waals surface area (Å²) in [6, 6.07) is 9.43. The van der Waals surface area contributed by atoms with E-state index in [-0.39, 0.29) is 0 Å². The number of unbranched alkanes of at least 4 members (excludes halogenated alkanes) is 5. The summed E-state index contributed by atoms with van der Waals surface area (Å²) in [7, 11) is 0. The second-order valence-corrected chi connectivity index (χ2v) is 5.09. The number of benzene rings is 1. The zero-order valence-electron chi connectivity index (χ0n) is 12.6. The van der Waals surface area contributed by atoms with E-state index in [1.54, 1.807) is 6.20 Å². The maximum absolute atomic E-state index is 11.5. The molecule has 1 aromatic rings. The minimum Gasteiger partial charge on any atom is -0.396 e. The number of aliphatic hydroxyl groups excluding tert-OH is 1. The monoisotopic (exact) mass is 290 g/mol. The molecule has 0 aliphatic carbocycles. The lowest BCUT2D eigenvalue weighted by molar-refractivity contribution is -0.112. The van der Waals surface area contributed by atoms with Gasteiger partial charge in [0.15, 0.2) is 0 Å². The molecule has 0 saturated heterocycles. The highest BCUT2D eigenvalue weighted by atomic mass is 16.2. The Labute approximate surface area is 127 Å². The molecule has 0 aliphatic heterocycles. The van der Waals surface area contributed by atoms with Crippen LogP contribution in [0.2, 0.25) is 0 Å². The molecule has 0 unspecified atom stereocenters. The number of hydrogen-bond acceptors (Lipinski definition) is 3. The van der Waals surface area contributed by atoms with Crippen molar-refractivity contribution in [3.8, 4) is 0 Å². The number of amides is 1. The van der Waals surface area contributed by atoms with E-state index in [9.17, 15) is 4.79 Å². The topological polar surface area (TPSA) is 75.4 Å². The van der Waals surface area contributed by atoms with Crippen LogP contribution in [0.3, 0.4) is 0 Å². The molecule has 0 radical (unpaired) electrons. The van der Waals surface area contributed by atoms with Gasteiger partial charge in [-0.1, -0.05) is 56.0 Å². The molecule has 4 nitrogen and oxygen atoms in total. The number of nitrogens with two attached hydrogens (primary N) is 1. The van der Waals surface area contributed by atoms with Crippen LogP contribution >= 0.6 is 0 Å². The number of aliphatic hydroxyl groups is 1. The van der Waals surface area contributed by atoms with Crippen molar-refractivity contribution in [1.29, 1.82) is 0 Å². The first-order chi connectivity index (χ1) is 10.3. The molecule has 4 heteroatoms. The van der Waals surface area contributed by atoms with Crippen molar-refractivity contribution in [3.05, 3.63) is 42.1 Å². The lowest BCUT2D eigenvalue weighted by Gasteiger charge is -2.06. The standard InChI is InChI=1S/C17H26N2O2/c18-17(21)16(15-10-6-5-7-11-15)14-19-12-8-3-1-2-4-9-13-20/h5-7,10-11,14,19-20H,1-4,8-9,12-13H2,(H2,18,21)/b16-14-. The largest absolute Gasteiger partial charge is 0.396 e. The van der Waals surface area contributed by atoms with Gasteiger partial charge in [-0.25, -0.2) is 0 Å². The fraction of sp³-hybridized carbons (Fsp3) is 0.471. The minimum atomic E-state index is -0.419. The Balaban J connectivity index is 2.25. The zero-order chi connectivity index (χ0) is 15.3. The molecule has 1 rings (SSSR count). The first kappa shape index (κ1) is 17.2. The second-order valence-electron chi connectivity index (χ2n) is 5.09. The van der Waals surface area contributed by atoms with Gasteiger partial charge < -0.3 is 16.2 Å². The molecule has 1 aromatic carbocycles. The molecule has 0 aliphatic rings. The van der Waals surface area contributed by atoms with Crippen molar-refractivity contribution >= 4 is 11.5 Å². The fourth-order valence-corrected chi connectivity index (χ4v) is 2.13. The van der Waals surface area contributed by atoms with Gasteiger partial charge in [-0.15, -0.1) is 0 Å². The van der Waals surface area contributed by atoms with Gasteiger partial charge in [0.25, 0.3) is 5.91 Å². The van der Waals surface area contributed by atoms with Crippen LogP contribution in [0.25, 0.3) is 5.57 Å². The molecule has 4 N–H and O–H groups in total. The molecule has 0 saturated carbocycles. The van der Waals surface area contributed by atoms with E-state index in [1.807, 2.05) is 30.3 Å². The molecule has 21 heavy (non-hydrogen) atoms. The van der Waals surface area contributed by atoms with Crippen molar-refractivity contribution in [1.82, 2.24) is 5.32 Å². The first-order valence-electron chi connectivity index (χ1n) is 7.65. The molecule has 0 bridgehead atoms. The third kappa shape index (κ3) is 7.51. The van der Waals surface area contributed by atoms with Crippen LogP contribution in [0, 0.1) is 0 Å². The SMILES string of the molecule is NC(=O)/C(=C\NCCCCCCCCO)c1ccccc1. The fourth-order valence-electron chi connectivity index (χ4n) is 2.13. The minimum absolute atomic E-state index is 0.293. The number of primary amides is 1. The van der Waals surface area contributed by atoms with E-state index < -0.39 is 5.91 Å². The Morgan fingerprint density at radius 2 is 1.67 bits per heavy atom. The average molecular weight is 290 g/mol. The maximum atomic E-state index is 11.5. The van der Waals surface area contributed by atoms with Crippen molar-refractivity contribution < 1.29 is 9.90 Å². The van der Waals surface area contributed by atoms with Crippen LogP contribution in [0.4, 0.5) is 0 Å². The summed E-state index contributed by atoms with van der Waals surface area (Å²) in [6.07, 6.45) is 8.30. The molecule has 0 aromatic heterocycles. The summed E-state index contributed by atoms with van der Waals surface area (Å²) in [5, 5.41) is 11.8. The Hall–Kier alpha value is -1.81. The van der Waals surface area contributed by atoms with Crippen molar-refractivity contribution in [2.24, 2.45) is 5.73 Å². The molecule has 1 amide bonds. The number of carbonyl (C=O) groups is 1. The summed E-state index contributed by atoms with van der Waals surface area (Å²) in [6.45, 7) is 1.13. The Morgan fingerprint density at radius 3 is 2.29 bits per heavy atom. The van der Waals surface area contributed by atoms with Crippen LogP contribution in [-0.2, 0) is 4.79 Å². The van der Waals surface area contributed by atoms with E-state index in [0.717, 1.165) is 37.8 Å². The van der Waals surface area contributed by atoms with Crippen molar-refractivity contribution in [2.75, 3.05) is 13.2 Å². The smallest absolute Gasteiger partial charge is 0.250 e. The number of nitrogens with one attached hydrogen (secondary N) is 1. The molecule has 0 spiro atoms. The lowest BCUT2D eigenvalue weighted by atomic mass is 10.1. The third-order valence-electron chi connectivity index (χ3n) is 3.33. The highest BCUT2D eigenvalue weighted by Gasteiger charge is 2.06. The summed E-state index contributed by atoms with van der Waals surface area (Å²) >= 11 is 0. The summed E-state index contributed by atoms with van der Waals surface area (Å²) < 4.78 is 0. The van der Waals surface area contributed by atoms with Crippen LogP contribution in [-0.4, -0.2) is 24.2 Å². The van der Waals surface area contributed by atoms with Gasteiger partial charge in [0.1, 0.15) is 0 Å². The molecule has 0 fully saturated rings. The van der Waals surface area contributed by atoms with Crippen LogP contribution in [0.15, 0.2) is 36.5 Å². The molecular formula is C17H26N2O2. The van der Waals surface area contributed by atoms with Crippen LogP contribution < -0.4 is 11.1 Å². The number of carbonyl (C=O) groups excluding carboxylic acids is 1. The molecular weight excluding hydrogens is 264 g/mol. The van der Waals surface area contributed by atoms with E-state index in [2.05, 4.69) is 5.32 Å². The highest BCUT2D eigenvalue weighted by molar-refractivity contribution is 6.18. The normalized spacial score (nSPS) is 11.4. The molecule has 0 heterocycles. The molecule has 116 valence electrons. The Morgan fingerprint density at radius 1 is 1.05 bits per heavy atom. The van der Waals surface area contributed by atoms with Gasteiger partial charge in [-0.2, -0.15) is 0 Å². The second kappa shape index (κ2) is 10.9. The lowest BCUT2D eigenvalue weighted by Crippen LogP contribution is -2.17. The highest BCUT2D eigenvalue weighted by Crippen LogP contribution is 2.12. The summed E-state index contributed by atoms with van der Waals surface area (Å²) in [5.41, 5.74) is 6.76.